The maximum Gasteiger partial charge on any atom is 0.252 e. The first-order valence-electron chi connectivity index (χ1n) is 6.86. The summed E-state index contributed by atoms with van der Waals surface area (Å²) in [5.74, 6) is -0.0676. The lowest BCUT2D eigenvalue weighted by Gasteiger charge is -2.15. The zero-order valence-corrected chi connectivity index (χ0v) is 13.8. The largest absolute Gasteiger partial charge is 0.351 e. The second kappa shape index (κ2) is 7.04. The molecule has 2 rings (SSSR count). The van der Waals surface area contributed by atoms with E-state index in [-0.39, 0.29) is 16.0 Å². The molecule has 0 unspecified atom stereocenters. The van der Waals surface area contributed by atoms with Crippen molar-refractivity contribution in [2.75, 3.05) is 6.54 Å². The molecule has 1 aromatic carbocycles. The minimum absolute atomic E-state index is 0.00671. The van der Waals surface area contributed by atoms with Gasteiger partial charge in [0, 0.05) is 17.8 Å². The predicted molar refractivity (Wildman–Crippen MR) is 87.5 cm³/mol. The van der Waals surface area contributed by atoms with Crippen molar-refractivity contribution in [3.8, 4) is 0 Å². The van der Waals surface area contributed by atoms with Gasteiger partial charge in [-0.15, -0.1) is 11.3 Å². The topological polar surface area (TPSA) is 89.3 Å². The van der Waals surface area contributed by atoms with Crippen molar-refractivity contribution in [3.63, 3.8) is 0 Å². The van der Waals surface area contributed by atoms with E-state index in [0.717, 1.165) is 17.8 Å². The number of amides is 1. The first-order valence-corrected chi connectivity index (χ1v) is 9.29. The van der Waals surface area contributed by atoms with E-state index in [0.29, 0.717) is 12.1 Å². The van der Waals surface area contributed by atoms with E-state index >= 15 is 0 Å². The summed E-state index contributed by atoms with van der Waals surface area (Å²) in [5.41, 5.74) is 1.48. The van der Waals surface area contributed by atoms with Crippen LogP contribution in [-0.4, -0.2) is 20.9 Å². The summed E-state index contributed by atoms with van der Waals surface area (Å²) >= 11 is 0.947. The second-order valence-electron chi connectivity index (χ2n) is 4.93. The van der Waals surface area contributed by atoms with Crippen LogP contribution in [0.5, 0.6) is 0 Å². The Labute approximate surface area is 134 Å². The van der Waals surface area contributed by atoms with Gasteiger partial charge in [-0.25, -0.2) is 13.6 Å². The van der Waals surface area contributed by atoms with Gasteiger partial charge < -0.3 is 5.32 Å². The number of thiophene rings is 1. The predicted octanol–water partition coefficient (Wildman–Crippen LogP) is 2.32. The molecule has 0 radical (unpaired) electrons. The Morgan fingerprint density at radius 3 is 2.55 bits per heavy atom. The van der Waals surface area contributed by atoms with Crippen LogP contribution in [0.3, 0.4) is 0 Å². The van der Waals surface area contributed by atoms with Gasteiger partial charge >= 0.3 is 0 Å². The molecule has 5 nitrogen and oxygen atoms in total. The van der Waals surface area contributed by atoms with Gasteiger partial charge in [-0.3, -0.25) is 4.79 Å². The second-order valence-corrected chi connectivity index (χ2v) is 7.62. The highest BCUT2D eigenvalue weighted by Gasteiger charge is 2.16. The number of nitrogens with two attached hydrogens (primary N) is 1. The van der Waals surface area contributed by atoms with Gasteiger partial charge in [0.1, 0.15) is 4.21 Å². The summed E-state index contributed by atoms with van der Waals surface area (Å²) < 4.78 is 22.4. The Morgan fingerprint density at radius 1 is 1.32 bits per heavy atom. The van der Waals surface area contributed by atoms with Crippen molar-refractivity contribution in [3.05, 3.63) is 52.9 Å². The van der Waals surface area contributed by atoms with E-state index in [2.05, 4.69) is 12.2 Å². The number of carbonyl (C=O) groups excluding carboxylic acids is 1. The fourth-order valence-electron chi connectivity index (χ4n) is 2.13. The van der Waals surface area contributed by atoms with E-state index in [4.69, 9.17) is 5.14 Å². The number of nitrogens with one attached hydrogen (secondary N) is 1. The van der Waals surface area contributed by atoms with E-state index < -0.39 is 10.0 Å². The van der Waals surface area contributed by atoms with Crippen molar-refractivity contribution < 1.29 is 13.2 Å². The molecular weight excluding hydrogens is 320 g/mol. The number of primary sulfonamides is 1. The van der Waals surface area contributed by atoms with Crippen LogP contribution in [0.15, 0.2) is 46.0 Å². The number of benzene rings is 1. The first-order chi connectivity index (χ1) is 10.4. The molecule has 0 aliphatic carbocycles. The number of sulfonamides is 1. The fourth-order valence-corrected chi connectivity index (χ4v) is 3.71. The van der Waals surface area contributed by atoms with Gasteiger partial charge in [0.05, 0.1) is 5.56 Å². The molecule has 1 amide bonds. The summed E-state index contributed by atoms with van der Waals surface area (Å²) in [5, 5.41) is 9.38. The molecule has 1 atom stereocenters. The van der Waals surface area contributed by atoms with Crippen LogP contribution in [0, 0.1) is 0 Å². The Hall–Kier alpha value is -1.70. The van der Waals surface area contributed by atoms with Crippen LogP contribution in [0.4, 0.5) is 0 Å². The van der Waals surface area contributed by atoms with Crippen molar-refractivity contribution in [2.24, 2.45) is 5.14 Å². The van der Waals surface area contributed by atoms with E-state index in [9.17, 15) is 13.2 Å². The summed E-state index contributed by atoms with van der Waals surface area (Å²) in [6.45, 7) is 2.56. The van der Waals surface area contributed by atoms with E-state index in [1.165, 1.54) is 17.0 Å². The molecule has 1 heterocycles. The van der Waals surface area contributed by atoms with Gasteiger partial charge in [-0.1, -0.05) is 37.3 Å². The molecular formula is C15H18N2O3S2. The van der Waals surface area contributed by atoms with Crippen LogP contribution in [0.25, 0.3) is 0 Å². The average Bonchev–Trinajstić information content (AvgIpc) is 2.99. The Kier molecular flexibility index (Phi) is 5.33. The van der Waals surface area contributed by atoms with Crippen LogP contribution in [-0.2, 0) is 10.0 Å². The van der Waals surface area contributed by atoms with Gasteiger partial charge in [0.25, 0.3) is 5.91 Å². The number of hydrogen-bond donors (Lipinski definition) is 2. The molecule has 0 aliphatic heterocycles. The smallest absolute Gasteiger partial charge is 0.252 e. The molecule has 22 heavy (non-hydrogen) atoms. The monoisotopic (exact) mass is 338 g/mol. The van der Waals surface area contributed by atoms with Crippen molar-refractivity contribution in [2.45, 2.75) is 23.5 Å². The maximum absolute atomic E-state index is 12.1. The fraction of sp³-hybridized carbons (Fsp3) is 0.267. The van der Waals surface area contributed by atoms with Crippen molar-refractivity contribution in [1.29, 1.82) is 0 Å². The molecule has 0 aliphatic rings. The molecule has 7 heteroatoms. The lowest BCUT2D eigenvalue weighted by molar-refractivity contribution is 0.0951. The number of rotatable bonds is 6. The van der Waals surface area contributed by atoms with Crippen LogP contribution < -0.4 is 10.5 Å². The molecule has 0 bridgehead atoms. The third-order valence-corrected chi connectivity index (χ3v) is 5.78. The SMILES string of the molecule is CC[C@@H](CNC(=O)c1csc(S(N)(=O)=O)c1)c1ccccc1. The number of carbonyl (C=O) groups is 1. The van der Waals surface area contributed by atoms with Gasteiger partial charge in [0.15, 0.2) is 0 Å². The van der Waals surface area contributed by atoms with Gasteiger partial charge in [0.2, 0.25) is 10.0 Å². The minimum Gasteiger partial charge on any atom is -0.351 e. The molecule has 3 N–H and O–H groups in total. The zero-order valence-electron chi connectivity index (χ0n) is 12.2. The average molecular weight is 338 g/mol. The van der Waals surface area contributed by atoms with Gasteiger partial charge in [-0.05, 0) is 18.1 Å². The molecule has 0 fully saturated rings. The van der Waals surface area contributed by atoms with E-state index in [1.807, 2.05) is 30.3 Å². The minimum atomic E-state index is -3.76. The summed E-state index contributed by atoms with van der Waals surface area (Å²) in [6.07, 6.45) is 0.899. The summed E-state index contributed by atoms with van der Waals surface area (Å²) in [6, 6.07) is 11.3. The molecule has 118 valence electrons. The highest BCUT2D eigenvalue weighted by molar-refractivity contribution is 7.91. The third kappa shape index (κ3) is 4.16. The third-order valence-electron chi connectivity index (χ3n) is 3.39. The van der Waals surface area contributed by atoms with E-state index in [1.54, 1.807) is 0 Å². The zero-order chi connectivity index (χ0) is 16.2. The molecule has 0 spiro atoms. The standard InChI is InChI=1S/C15H18N2O3S2/c1-2-11(12-6-4-3-5-7-12)9-17-15(18)13-8-14(21-10-13)22(16,19)20/h3-8,10-11H,2,9H2,1H3,(H,17,18)(H2,16,19,20)/t11-/m0/s1. The quantitative estimate of drug-likeness (QED) is 0.847. The lowest BCUT2D eigenvalue weighted by atomic mass is 9.96. The van der Waals surface area contributed by atoms with Crippen LogP contribution in [0.2, 0.25) is 0 Å². The summed E-state index contributed by atoms with van der Waals surface area (Å²) in [7, 11) is -3.76. The lowest BCUT2D eigenvalue weighted by Crippen LogP contribution is -2.28. The molecule has 2 aromatic rings. The Balaban J connectivity index is 2.01. The maximum atomic E-state index is 12.1. The van der Waals surface area contributed by atoms with Crippen LogP contribution >= 0.6 is 11.3 Å². The van der Waals surface area contributed by atoms with Crippen molar-refractivity contribution in [1.82, 2.24) is 5.32 Å². The number of hydrogen-bond acceptors (Lipinski definition) is 4. The van der Waals surface area contributed by atoms with Crippen LogP contribution in [0.1, 0.15) is 35.2 Å². The molecule has 1 aromatic heterocycles. The molecule has 0 saturated heterocycles. The Bertz CT molecular complexity index is 739. The highest BCUT2D eigenvalue weighted by atomic mass is 32.2. The summed E-state index contributed by atoms with van der Waals surface area (Å²) in [4.78, 5) is 12.1. The van der Waals surface area contributed by atoms with Gasteiger partial charge in [-0.2, -0.15) is 0 Å². The first kappa shape index (κ1) is 16.7. The van der Waals surface area contributed by atoms with Crippen molar-refractivity contribution >= 4 is 27.3 Å². The molecule has 0 saturated carbocycles. The Morgan fingerprint density at radius 2 is 2.00 bits per heavy atom. The normalized spacial score (nSPS) is 12.8. The highest BCUT2D eigenvalue weighted by Crippen LogP contribution is 2.20.